The Balaban J connectivity index is 2.12. The fourth-order valence-corrected chi connectivity index (χ4v) is 5.38. The van der Waals surface area contributed by atoms with Crippen LogP contribution in [0, 0.1) is 0 Å². The molecule has 1 aliphatic rings. The highest BCUT2D eigenvalue weighted by molar-refractivity contribution is 7.74. The van der Waals surface area contributed by atoms with Crippen molar-refractivity contribution in [3.63, 3.8) is 0 Å². The molecule has 4 rings (SSSR count). The van der Waals surface area contributed by atoms with Gasteiger partial charge in [-0.2, -0.15) is 8.42 Å². The summed E-state index contributed by atoms with van der Waals surface area (Å²) in [4.78, 5) is 26.5. The van der Waals surface area contributed by atoms with E-state index in [1.54, 1.807) is 25.1 Å². The molecule has 0 radical (unpaired) electrons. The number of carbonyl (C=O) groups is 1. The van der Waals surface area contributed by atoms with E-state index in [9.17, 15) is 18.0 Å². The van der Waals surface area contributed by atoms with Crippen LogP contribution in [-0.2, 0) is 15.0 Å². The van der Waals surface area contributed by atoms with Gasteiger partial charge in [-0.3, -0.25) is 4.79 Å². The predicted octanol–water partition coefficient (Wildman–Crippen LogP) is 3.92. The zero-order valence-electron chi connectivity index (χ0n) is 15.5. The maximum absolute atomic E-state index is 13.3. The van der Waals surface area contributed by atoms with Gasteiger partial charge in [0.2, 0.25) is 10.3 Å². The Morgan fingerprint density at radius 2 is 1.90 bits per heavy atom. The molecule has 29 heavy (non-hydrogen) atoms. The van der Waals surface area contributed by atoms with Gasteiger partial charge in [0.1, 0.15) is 0 Å². The molecular weight excluding hydrogens is 408 g/mol. The van der Waals surface area contributed by atoms with Gasteiger partial charge in [0, 0.05) is 16.7 Å². The van der Waals surface area contributed by atoms with Crippen LogP contribution in [0.15, 0.2) is 53.3 Å². The van der Waals surface area contributed by atoms with Gasteiger partial charge >= 0.3 is 5.97 Å². The van der Waals surface area contributed by atoms with Gasteiger partial charge in [0.15, 0.2) is 5.43 Å². The summed E-state index contributed by atoms with van der Waals surface area (Å²) in [7, 11) is -2.43. The molecule has 0 saturated heterocycles. The van der Waals surface area contributed by atoms with E-state index in [1.807, 2.05) is 36.4 Å². The maximum atomic E-state index is 13.3. The highest BCUT2D eigenvalue weighted by Crippen LogP contribution is 2.33. The van der Waals surface area contributed by atoms with Crippen molar-refractivity contribution in [1.29, 1.82) is 0 Å². The van der Waals surface area contributed by atoms with Crippen molar-refractivity contribution in [1.82, 2.24) is 0 Å². The predicted molar refractivity (Wildman–Crippen MR) is 116 cm³/mol. The molecule has 1 heterocycles. The van der Waals surface area contributed by atoms with Crippen molar-refractivity contribution in [2.24, 2.45) is 0 Å². The second kappa shape index (κ2) is 7.77. The Bertz CT molecular complexity index is 1360. The minimum atomic E-state index is -2.43. The molecule has 0 bridgehead atoms. The Morgan fingerprint density at radius 1 is 1.14 bits per heavy atom. The van der Waals surface area contributed by atoms with Crippen molar-refractivity contribution in [3.05, 3.63) is 74.8 Å². The highest BCUT2D eigenvalue weighted by atomic mass is 32.2. The lowest BCUT2D eigenvalue weighted by Crippen LogP contribution is -2.18. The van der Waals surface area contributed by atoms with E-state index >= 15 is 0 Å². The smallest absolute Gasteiger partial charge is 0.338 e. The number of esters is 1. The first-order valence-electron chi connectivity index (χ1n) is 9.00. The molecule has 0 spiro atoms. The van der Waals surface area contributed by atoms with Gasteiger partial charge in [-0.25, -0.2) is 4.79 Å². The van der Waals surface area contributed by atoms with Crippen molar-refractivity contribution >= 4 is 48.6 Å². The molecule has 146 valence electrons. The number of ether oxygens (including phenoxy) is 1. The van der Waals surface area contributed by atoms with Crippen molar-refractivity contribution in [2.45, 2.75) is 13.3 Å². The maximum Gasteiger partial charge on any atom is 0.338 e. The summed E-state index contributed by atoms with van der Waals surface area (Å²) in [6, 6.07) is 13.0. The van der Waals surface area contributed by atoms with Crippen LogP contribution >= 0.6 is 11.3 Å². The Hall–Kier alpha value is -3.03. The van der Waals surface area contributed by atoms with Gasteiger partial charge < -0.3 is 4.74 Å². The van der Waals surface area contributed by atoms with Crippen LogP contribution in [0.1, 0.15) is 34.1 Å². The summed E-state index contributed by atoms with van der Waals surface area (Å²) in [6.07, 6.45) is 3.52. The van der Waals surface area contributed by atoms with E-state index in [1.165, 1.54) is 11.3 Å². The van der Waals surface area contributed by atoms with Crippen molar-refractivity contribution < 1.29 is 17.9 Å². The van der Waals surface area contributed by atoms with E-state index < -0.39 is 16.3 Å². The fourth-order valence-electron chi connectivity index (χ4n) is 3.38. The van der Waals surface area contributed by atoms with Crippen LogP contribution in [0.2, 0.25) is 0 Å². The van der Waals surface area contributed by atoms with Crippen molar-refractivity contribution in [3.8, 4) is 11.1 Å². The summed E-state index contributed by atoms with van der Waals surface area (Å²) in [6.45, 7) is 1.89. The van der Waals surface area contributed by atoms with E-state index in [-0.39, 0.29) is 34.3 Å². The van der Waals surface area contributed by atoms with Crippen LogP contribution < -0.4 is 5.43 Å². The van der Waals surface area contributed by atoms with Crippen molar-refractivity contribution in [2.75, 3.05) is 6.61 Å². The number of fused-ring (bicyclic) bond motifs is 2. The summed E-state index contributed by atoms with van der Waals surface area (Å²) in [5.41, 5.74) is 1.76. The van der Waals surface area contributed by atoms with Gasteiger partial charge in [-0.15, -0.1) is 11.3 Å². The minimum Gasteiger partial charge on any atom is -0.462 e. The molecule has 1 aromatic heterocycles. The second-order valence-corrected chi connectivity index (χ2v) is 8.44. The monoisotopic (exact) mass is 424 g/mol. The molecular formula is C22H16O5S2. The zero-order valence-corrected chi connectivity index (χ0v) is 17.1. The van der Waals surface area contributed by atoms with Crippen LogP contribution in [0.5, 0.6) is 0 Å². The van der Waals surface area contributed by atoms with Gasteiger partial charge in [-0.05, 0) is 30.2 Å². The first-order valence-corrected chi connectivity index (χ1v) is 10.9. The van der Waals surface area contributed by atoms with Crippen LogP contribution in [-0.4, -0.2) is 25.9 Å². The summed E-state index contributed by atoms with van der Waals surface area (Å²) < 4.78 is 29.1. The summed E-state index contributed by atoms with van der Waals surface area (Å²) >= 11 is 1.21. The zero-order chi connectivity index (χ0) is 20.5. The van der Waals surface area contributed by atoms with E-state index in [4.69, 9.17) is 4.74 Å². The molecule has 0 N–H and O–H groups in total. The average molecular weight is 424 g/mol. The standard InChI is InChI=1S/C22H16O5S2/c1-2-27-22(24)16-11-14(13-7-4-3-5-8-13)12-17-19(16)20(23)15-9-6-10-18(29(25)26)21(15)28-17/h3-9,11-12H,2,10H2,1H3. The summed E-state index contributed by atoms with van der Waals surface area (Å²) in [5, 5.41) is 0.259. The SMILES string of the molecule is CCOC(=O)c1cc(-c2ccccc2)cc2sc3c(c(=O)c12)C=CCC3=S(=O)=O. The lowest BCUT2D eigenvalue weighted by atomic mass is 9.98. The molecule has 7 heteroatoms. The van der Waals surface area contributed by atoms with Gasteiger partial charge in [0.05, 0.1) is 27.3 Å². The lowest BCUT2D eigenvalue weighted by Gasteiger charge is -2.14. The first-order chi connectivity index (χ1) is 14.0. The quantitative estimate of drug-likeness (QED) is 0.470. The fraction of sp³-hybridized carbons (Fsp3) is 0.136. The third-order valence-electron chi connectivity index (χ3n) is 4.68. The van der Waals surface area contributed by atoms with Gasteiger partial charge in [0.25, 0.3) is 0 Å². The second-order valence-electron chi connectivity index (χ2n) is 6.42. The molecule has 0 unspecified atom stereocenters. The molecule has 0 aliphatic heterocycles. The molecule has 0 saturated carbocycles. The normalized spacial score (nSPS) is 12.7. The van der Waals surface area contributed by atoms with Gasteiger partial charge in [-0.1, -0.05) is 42.5 Å². The van der Waals surface area contributed by atoms with E-state index in [0.717, 1.165) is 11.1 Å². The molecule has 3 aromatic rings. The Labute approximate surface area is 172 Å². The summed E-state index contributed by atoms with van der Waals surface area (Å²) in [5.74, 6) is -0.573. The highest BCUT2D eigenvalue weighted by Gasteiger charge is 2.23. The Morgan fingerprint density at radius 3 is 2.59 bits per heavy atom. The number of allylic oxidation sites excluding steroid dienone is 1. The first kappa shape index (κ1) is 19.3. The van der Waals surface area contributed by atoms with Crippen LogP contribution in [0.3, 0.4) is 0 Å². The largest absolute Gasteiger partial charge is 0.462 e. The van der Waals surface area contributed by atoms with Crippen LogP contribution in [0.4, 0.5) is 0 Å². The number of carbonyl (C=O) groups excluding carboxylic acids is 1. The van der Waals surface area contributed by atoms with E-state index in [0.29, 0.717) is 15.1 Å². The topological polar surface area (TPSA) is 77.5 Å². The molecule has 0 atom stereocenters. The lowest BCUT2D eigenvalue weighted by molar-refractivity contribution is 0.0528. The number of benzene rings is 2. The third-order valence-corrected chi connectivity index (χ3v) is 6.79. The molecule has 0 fully saturated rings. The van der Waals surface area contributed by atoms with Crippen LogP contribution in [0.25, 0.3) is 27.3 Å². The van der Waals surface area contributed by atoms with E-state index in [2.05, 4.69) is 0 Å². The molecule has 0 amide bonds. The molecule has 2 aromatic carbocycles. The minimum absolute atomic E-state index is 0.186. The Kier molecular flexibility index (Phi) is 5.17. The number of rotatable bonds is 3. The third kappa shape index (κ3) is 3.43. The molecule has 1 aliphatic carbocycles. The molecule has 5 nitrogen and oxygen atoms in total. The number of hydrogen-bond acceptors (Lipinski definition) is 6. The number of hydrogen-bond donors (Lipinski definition) is 0. The average Bonchev–Trinajstić information content (AvgIpc) is 2.73.